The van der Waals surface area contributed by atoms with Crippen LogP contribution in [0, 0.1) is 6.92 Å². The van der Waals surface area contributed by atoms with Gasteiger partial charge in [0, 0.05) is 36.6 Å². The Morgan fingerprint density at radius 1 is 1.23 bits per heavy atom. The van der Waals surface area contributed by atoms with E-state index in [1.807, 2.05) is 49.4 Å². The molecule has 1 unspecified atom stereocenters. The molecule has 0 radical (unpaired) electrons. The Kier molecular flexibility index (Phi) is 8.01. The summed E-state index contributed by atoms with van der Waals surface area (Å²) in [6.45, 7) is 5.93. The third kappa shape index (κ3) is 5.85. The summed E-state index contributed by atoms with van der Waals surface area (Å²) in [5, 5.41) is 19.2. The number of amides is 1. The lowest BCUT2D eigenvalue weighted by Crippen LogP contribution is -2.36. The second kappa shape index (κ2) is 11.6. The third-order valence-electron chi connectivity index (χ3n) is 6.52. The number of rotatable bonds is 8. The maximum Gasteiger partial charge on any atom is 0.341 e. The quantitative estimate of drug-likeness (QED) is 0.195. The van der Waals surface area contributed by atoms with Crippen LogP contribution in [0.4, 0.5) is 5.00 Å². The Bertz CT molecular complexity index is 1480. The number of carbonyl (C=O) groups excluding carboxylic acids is 2. The number of anilines is 1. The first-order chi connectivity index (χ1) is 18.8. The van der Waals surface area contributed by atoms with E-state index < -0.39 is 17.2 Å². The monoisotopic (exact) mass is 564 g/mol. The summed E-state index contributed by atoms with van der Waals surface area (Å²) in [7, 11) is 1.34. The molecule has 11 heteroatoms. The topological polar surface area (TPSA) is 112 Å². The minimum Gasteiger partial charge on any atom is -0.538 e. The lowest BCUT2D eigenvalue weighted by molar-refractivity contribution is -0.705. The number of hydrogen-bond donors (Lipinski definition) is 1. The van der Waals surface area contributed by atoms with Crippen LogP contribution in [0.3, 0.4) is 0 Å². The van der Waals surface area contributed by atoms with Gasteiger partial charge in [-0.3, -0.25) is 9.69 Å². The fourth-order valence-corrected chi connectivity index (χ4v) is 6.62. The number of carbonyl (C=O) groups is 2. The lowest BCUT2D eigenvalue weighted by Gasteiger charge is -2.27. The largest absolute Gasteiger partial charge is 0.538 e. The predicted octanol–water partition coefficient (Wildman–Crippen LogP) is 3.86. The Morgan fingerprint density at radius 2 is 1.97 bits per heavy atom. The zero-order valence-electron chi connectivity index (χ0n) is 21.8. The van der Waals surface area contributed by atoms with E-state index in [0.717, 1.165) is 40.9 Å². The van der Waals surface area contributed by atoms with Crippen LogP contribution >= 0.6 is 23.1 Å². The Morgan fingerprint density at radius 3 is 2.69 bits per heavy atom. The van der Waals surface area contributed by atoms with Crippen molar-refractivity contribution >= 4 is 40.0 Å². The summed E-state index contributed by atoms with van der Waals surface area (Å²) in [4.78, 5) is 29.4. The van der Waals surface area contributed by atoms with Gasteiger partial charge in [-0.15, -0.1) is 11.3 Å². The zero-order valence-corrected chi connectivity index (χ0v) is 23.4. The molecule has 1 amide bonds. The highest BCUT2D eigenvalue weighted by Crippen LogP contribution is 2.38. The minimum absolute atomic E-state index is 0.191. The van der Waals surface area contributed by atoms with Crippen molar-refractivity contribution in [2.75, 3.05) is 19.0 Å². The second-order valence-corrected chi connectivity index (χ2v) is 11.7. The number of aromatic nitrogens is 2. The first-order valence-corrected chi connectivity index (χ1v) is 14.2. The van der Waals surface area contributed by atoms with Crippen LogP contribution in [-0.4, -0.2) is 41.0 Å². The third-order valence-corrected chi connectivity index (χ3v) is 8.78. The van der Waals surface area contributed by atoms with Crippen molar-refractivity contribution in [2.24, 2.45) is 0 Å². The van der Waals surface area contributed by atoms with E-state index in [2.05, 4.69) is 27.6 Å². The van der Waals surface area contributed by atoms with Crippen molar-refractivity contribution < 1.29 is 28.6 Å². The summed E-state index contributed by atoms with van der Waals surface area (Å²) < 4.78 is 11.4. The number of thiophene rings is 1. The Labute approximate surface area is 234 Å². The highest BCUT2D eigenvalue weighted by molar-refractivity contribution is 8.00. The van der Waals surface area contributed by atoms with Gasteiger partial charge in [-0.25, -0.2) is 4.79 Å². The van der Waals surface area contributed by atoms with E-state index >= 15 is 0 Å². The van der Waals surface area contributed by atoms with E-state index in [4.69, 9.17) is 9.26 Å². The van der Waals surface area contributed by atoms with Crippen molar-refractivity contribution in [1.29, 1.82) is 0 Å². The van der Waals surface area contributed by atoms with Gasteiger partial charge >= 0.3 is 5.97 Å². The number of esters is 1. The van der Waals surface area contributed by atoms with Gasteiger partial charge in [0.2, 0.25) is 11.6 Å². The molecule has 2 aromatic carbocycles. The number of nitrogens with one attached hydrogen (secondary N) is 1. The normalized spacial score (nSPS) is 14.0. The van der Waals surface area contributed by atoms with E-state index in [0.29, 0.717) is 29.2 Å². The molecule has 0 saturated carbocycles. The summed E-state index contributed by atoms with van der Waals surface area (Å²) in [5.41, 5.74) is 4.27. The fraction of sp³-hybridized carbons (Fsp3) is 0.286. The van der Waals surface area contributed by atoms with Crippen molar-refractivity contribution in [2.45, 2.75) is 43.6 Å². The van der Waals surface area contributed by atoms with Gasteiger partial charge in [-0.05, 0) is 47.8 Å². The standard InChI is InChI=1S/C28H28N4O5S2/c1-17-9-11-20(12-10-17)32-26(28(35)37-30-32)38-18(2)24(33)29-25-23(27(34)36-3)21-13-14-31(16-22(21)39-25)15-19-7-5-4-6-8-19/h4-12,18H,13-16H2,1-3H3,(H-,29,30,33,34,35). The number of thioether (sulfide) groups is 1. The van der Waals surface area contributed by atoms with Gasteiger partial charge in [0.05, 0.1) is 23.2 Å². The van der Waals surface area contributed by atoms with Crippen molar-refractivity contribution in [3.8, 4) is 11.6 Å². The summed E-state index contributed by atoms with van der Waals surface area (Å²) >= 11 is 2.45. The highest BCUT2D eigenvalue weighted by Gasteiger charge is 2.31. The second-order valence-electron chi connectivity index (χ2n) is 9.31. The molecule has 1 aliphatic rings. The maximum atomic E-state index is 13.3. The van der Waals surface area contributed by atoms with Crippen LogP contribution in [0.15, 0.2) is 64.1 Å². The molecule has 0 bridgehead atoms. The zero-order chi connectivity index (χ0) is 27.5. The smallest absolute Gasteiger partial charge is 0.341 e. The van der Waals surface area contributed by atoms with E-state index in [-0.39, 0.29) is 10.9 Å². The van der Waals surface area contributed by atoms with Crippen molar-refractivity contribution in [1.82, 2.24) is 10.2 Å². The molecule has 202 valence electrons. The van der Waals surface area contributed by atoms with Crippen LogP contribution in [-0.2, 0) is 29.0 Å². The molecule has 2 aromatic heterocycles. The molecular weight excluding hydrogens is 536 g/mol. The number of fused-ring (bicyclic) bond motifs is 1. The van der Waals surface area contributed by atoms with E-state index in [9.17, 15) is 14.7 Å². The van der Waals surface area contributed by atoms with Gasteiger partial charge in [0.25, 0.3) is 5.03 Å². The molecule has 4 aromatic rings. The molecule has 1 atom stereocenters. The van der Waals surface area contributed by atoms with Crippen molar-refractivity contribution in [3.63, 3.8) is 0 Å². The molecule has 0 aliphatic carbocycles. The summed E-state index contributed by atoms with van der Waals surface area (Å²) in [6.07, 6.45) is 0.681. The molecule has 0 saturated heterocycles. The van der Waals surface area contributed by atoms with Crippen LogP contribution in [0.2, 0.25) is 0 Å². The van der Waals surface area contributed by atoms with Gasteiger partial charge in [-0.2, -0.15) is 0 Å². The van der Waals surface area contributed by atoms with Gasteiger partial charge in [0.15, 0.2) is 5.95 Å². The van der Waals surface area contributed by atoms with Gasteiger partial charge < -0.3 is 19.7 Å². The van der Waals surface area contributed by atoms with E-state index in [1.54, 1.807) is 6.92 Å². The number of hydrogen-bond acceptors (Lipinski definition) is 9. The summed E-state index contributed by atoms with van der Waals surface area (Å²) in [5.74, 6) is -1.45. The average Bonchev–Trinajstić information content (AvgIpc) is 3.48. The number of nitrogens with zero attached hydrogens (tertiary/aromatic N) is 3. The molecule has 5 rings (SSSR count). The molecule has 0 spiro atoms. The molecule has 0 fully saturated rings. The van der Waals surface area contributed by atoms with Crippen LogP contribution in [0.1, 0.15) is 38.8 Å². The molecule has 39 heavy (non-hydrogen) atoms. The minimum atomic E-state index is -0.673. The maximum absolute atomic E-state index is 13.3. The molecule has 1 N–H and O–H groups in total. The van der Waals surface area contributed by atoms with Crippen LogP contribution < -0.4 is 15.1 Å². The lowest BCUT2D eigenvalue weighted by atomic mass is 10.0. The predicted molar refractivity (Wildman–Crippen MR) is 146 cm³/mol. The SMILES string of the molecule is COC(=O)c1c(NC(=O)C(C)Sc2c([O-])on[n+]2-c2ccc(C)cc2)sc2c1CCN(Cc1ccccc1)C2. The number of methoxy groups -OCH3 is 1. The molecule has 1 aliphatic heterocycles. The first kappa shape index (κ1) is 26.9. The van der Waals surface area contributed by atoms with Crippen LogP contribution in [0.25, 0.3) is 5.69 Å². The summed E-state index contributed by atoms with van der Waals surface area (Å²) in [6, 6.07) is 17.7. The van der Waals surface area contributed by atoms with Crippen molar-refractivity contribution in [3.05, 3.63) is 81.7 Å². The van der Waals surface area contributed by atoms with Gasteiger partial charge in [0.1, 0.15) is 5.00 Å². The number of aryl methyl sites for hydroxylation is 1. The molecule has 3 heterocycles. The average molecular weight is 565 g/mol. The van der Waals surface area contributed by atoms with E-state index in [1.165, 1.54) is 28.7 Å². The fourth-order valence-electron chi connectivity index (χ4n) is 4.46. The number of ether oxygens (including phenoxy) is 1. The van der Waals surface area contributed by atoms with Crippen LogP contribution in [0.5, 0.6) is 5.95 Å². The molecular formula is C28H28N4O5S2. The highest BCUT2D eigenvalue weighted by atomic mass is 32.2. The Balaban J connectivity index is 1.33. The first-order valence-electron chi connectivity index (χ1n) is 12.5. The Hall–Kier alpha value is -3.67. The van der Waals surface area contributed by atoms with Gasteiger partial charge in [-0.1, -0.05) is 48.0 Å². The molecule has 9 nitrogen and oxygen atoms in total. The number of benzene rings is 2.